The van der Waals surface area contributed by atoms with E-state index in [0.717, 1.165) is 16.0 Å². The number of sulfonamides is 1. The van der Waals surface area contributed by atoms with Gasteiger partial charge in [0.1, 0.15) is 46.2 Å². The molecule has 5 aromatic rings. The monoisotopic (exact) mass is 923 g/mol. The number of aliphatic carboxylic acids is 1. The summed E-state index contributed by atoms with van der Waals surface area (Å²) in [5, 5.41) is 23.9. The highest BCUT2D eigenvalue weighted by atomic mass is 32.2. The van der Waals surface area contributed by atoms with Crippen molar-refractivity contribution in [3.8, 4) is 11.5 Å². The van der Waals surface area contributed by atoms with E-state index in [1.165, 1.54) is 16.4 Å². The topological polar surface area (TPSA) is 238 Å². The smallest absolute Gasteiger partial charge is 0.304 e. The number of carboxylic acid groups (broad SMARTS) is 1. The molecule has 0 radical (unpaired) electrons. The van der Waals surface area contributed by atoms with Crippen LogP contribution < -0.4 is 20.1 Å². The second kappa shape index (κ2) is 19.4. The van der Waals surface area contributed by atoms with Crippen molar-refractivity contribution >= 4 is 56.3 Å². The molecule has 8 rings (SSSR count). The van der Waals surface area contributed by atoms with Crippen LogP contribution in [0.2, 0.25) is 0 Å². The minimum absolute atomic E-state index is 0.0317. The molecule has 19 nitrogen and oxygen atoms in total. The second-order valence-corrected chi connectivity index (χ2v) is 18.2. The normalized spacial score (nSPS) is 18.6. The summed E-state index contributed by atoms with van der Waals surface area (Å²) in [4.78, 5) is 63.9. The van der Waals surface area contributed by atoms with Crippen LogP contribution in [0.1, 0.15) is 75.1 Å². The van der Waals surface area contributed by atoms with E-state index in [4.69, 9.17) is 18.9 Å². The first-order chi connectivity index (χ1) is 31.7. The van der Waals surface area contributed by atoms with Gasteiger partial charge in [-0.3, -0.25) is 34.2 Å². The lowest BCUT2D eigenvalue weighted by Gasteiger charge is -2.27. The Kier molecular flexibility index (Phi) is 13.5. The molecule has 1 saturated heterocycles. The highest BCUT2D eigenvalue weighted by Gasteiger charge is 2.45. The predicted octanol–water partition coefficient (Wildman–Crippen LogP) is 3.78. The van der Waals surface area contributed by atoms with E-state index in [-0.39, 0.29) is 81.4 Å². The minimum atomic E-state index is -3.91. The van der Waals surface area contributed by atoms with Gasteiger partial charge in [-0.1, -0.05) is 41.6 Å². The molecule has 4 heterocycles. The Balaban J connectivity index is 0.865. The largest absolute Gasteiger partial charge is 0.489 e. The molecule has 3 N–H and O–H groups in total. The maximum absolute atomic E-state index is 13.9. The highest BCUT2D eigenvalue weighted by molar-refractivity contribution is 7.89. The first kappa shape index (κ1) is 45.8. The Morgan fingerprint density at radius 1 is 0.955 bits per heavy atom. The average molecular weight is 924 g/mol. The Hall–Kier alpha value is -6.74. The predicted molar refractivity (Wildman–Crippen MR) is 237 cm³/mol. The molecule has 1 fully saturated rings. The van der Waals surface area contributed by atoms with E-state index in [0.29, 0.717) is 45.9 Å². The van der Waals surface area contributed by atoms with Crippen LogP contribution in [0, 0.1) is 6.92 Å². The number of carbonyl (C=O) groups is 5. The van der Waals surface area contributed by atoms with Crippen molar-refractivity contribution in [2.45, 2.75) is 62.6 Å². The second-order valence-electron chi connectivity index (χ2n) is 16.3. The first-order valence-electron chi connectivity index (χ1n) is 21.5. The zero-order chi connectivity index (χ0) is 46.7. The van der Waals surface area contributed by atoms with Crippen LogP contribution in [-0.4, -0.2) is 126 Å². The molecule has 0 aliphatic carbocycles. The van der Waals surface area contributed by atoms with Gasteiger partial charge in [0, 0.05) is 38.2 Å². The van der Waals surface area contributed by atoms with Crippen molar-refractivity contribution in [3.63, 3.8) is 0 Å². The van der Waals surface area contributed by atoms with E-state index >= 15 is 0 Å². The van der Waals surface area contributed by atoms with Gasteiger partial charge in [-0.05, 0) is 78.9 Å². The number of piperidine rings is 1. The average Bonchev–Trinajstić information content (AvgIpc) is 3.75. The number of carboxylic acids is 1. The highest BCUT2D eigenvalue weighted by Crippen LogP contribution is 2.37. The third-order valence-electron chi connectivity index (χ3n) is 11.7. The van der Waals surface area contributed by atoms with Gasteiger partial charge in [0.15, 0.2) is 0 Å². The quantitative estimate of drug-likeness (QED) is 0.0838. The van der Waals surface area contributed by atoms with E-state index in [1.54, 1.807) is 54.2 Å². The number of hydrogen-bond donors (Lipinski definition) is 3. The molecular weight excluding hydrogens is 875 g/mol. The number of benzene rings is 4. The van der Waals surface area contributed by atoms with Gasteiger partial charge < -0.3 is 29.4 Å². The van der Waals surface area contributed by atoms with E-state index in [2.05, 4.69) is 20.9 Å². The number of fused-ring (bicyclic) bond motifs is 3. The Morgan fingerprint density at radius 2 is 1.73 bits per heavy atom. The van der Waals surface area contributed by atoms with Crippen LogP contribution in [0.3, 0.4) is 0 Å². The number of nitrogens with zero attached hydrogens (tertiary/aromatic N) is 5. The summed E-state index contributed by atoms with van der Waals surface area (Å²) in [6.45, 7) is 5.28. The summed E-state index contributed by atoms with van der Waals surface area (Å²) >= 11 is 0. The molecule has 0 spiro atoms. The molecule has 4 aromatic carbocycles. The first-order valence-corrected chi connectivity index (χ1v) is 22.9. The number of carbonyl (C=O) groups excluding carboxylic acids is 4. The molecule has 3 atom stereocenters. The van der Waals surface area contributed by atoms with Gasteiger partial charge in [-0.2, -0.15) is 4.31 Å². The van der Waals surface area contributed by atoms with Gasteiger partial charge in [0.25, 0.3) is 11.8 Å². The van der Waals surface area contributed by atoms with Crippen LogP contribution in [0.15, 0.2) is 77.7 Å². The zero-order valence-electron chi connectivity index (χ0n) is 36.5. The van der Waals surface area contributed by atoms with Crippen molar-refractivity contribution in [2.75, 3.05) is 51.4 Å². The number of para-hydroxylation sites is 1. The number of hydrogen-bond acceptors (Lipinski definition) is 14. The number of amides is 4. The summed E-state index contributed by atoms with van der Waals surface area (Å²) in [7, 11) is -2.19. The van der Waals surface area contributed by atoms with Crippen molar-refractivity contribution in [3.05, 3.63) is 106 Å². The fourth-order valence-corrected chi connectivity index (χ4v) is 10.1. The van der Waals surface area contributed by atoms with Crippen molar-refractivity contribution in [2.24, 2.45) is 7.05 Å². The molecule has 0 saturated carbocycles. The number of nitrogens with one attached hydrogen (secondary N) is 2. The molecule has 3 aliphatic heterocycles. The molecular formula is C46H49N7O12S. The molecule has 66 heavy (non-hydrogen) atoms. The number of rotatable bonds is 18. The van der Waals surface area contributed by atoms with Gasteiger partial charge in [0.2, 0.25) is 21.8 Å². The molecule has 1 aromatic heterocycles. The molecule has 4 amide bonds. The van der Waals surface area contributed by atoms with Gasteiger partial charge in [-0.15, -0.1) is 5.10 Å². The lowest BCUT2D eigenvalue weighted by Crippen LogP contribution is -2.54. The number of aromatic nitrogens is 3. The Labute approximate surface area is 380 Å². The third-order valence-corrected chi connectivity index (χ3v) is 13.6. The fraction of sp³-hybridized carbons (Fsp3) is 0.370. The van der Waals surface area contributed by atoms with Crippen LogP contribution >= 0.6 is 0 Å². The number of imide groups is 2. The minimum Gasteiger partial charge on any atom is -0.489 e. The van der Waals surface area contributed by atoms with Gasteiger partial charge >= 0.3 is 5.97 Å². The number of anilines is 1. The number of ether oxygens (including phenoxy) is 4. The van der Waals surface area contributed by atoms with E-state index < -0.39 is 57.7 Å². The molecule has 3 aliphatic rings. The van der Waals surface area contributed by atoms with E-state index in [1.807, 2.05) is 32.0 Å². The Morgan fingerprint density at radius 3 is 2.52 bits per heavy atom. The van der Waals surface area contributed by atoms with Crippen molar-refractivity contribution < 1.29 is 56.4 Å². The SMILES string of the molecule is Cc1ccc(C(CC(=O)O)c2cc(OCCOCCOCCNc3cccc4c3C(=O)N(C3CCC(=O)NC3=O)C4=O)c3c(c2)nnn3C)cc1CN1C[C@@H](C)Oc2ccccc2S1(=O)=O. The maximum Gasteiger partial charge on any atom is 0.304 e. The summed E-state index contributed by atoms with van der Waals surface area (Å²) in [6, 6.07) is 19.5. The zero-order valence-corrected chi connectivity index (χ0v) is 37.3. The van der Waals surface area contributed by atoms with Crippen LogP contribution in [0.25, 0.3) is 11.0 Å². The lowest BCUT2D eigenvalue weighted by atomic mass is 9.86. The fourth-order valence-electron chi connectivity index (χ4n) is 8.50. The molecule has 346 valence electrons. The lowest BCUT2D eigenvalue weighted by molar-refractivity contribution is -0.138. The third kappa shape index (κ3) is 9.48. The molecule has 20 heteroatoms. The summed E-state index contributed by atoms with van der Waals surface area (Å²) in [5.74, 6) is -3.25. The Bertz CT molecular complexity index is 2830. The van der Waals surface area contributed by atoms with Crippen molar-refractivity contribution in [1.29, 1.82) is 0 Å². The van der Waals surface area contributed by atoms with Crippen molar-refractivity contribution in [1.82, 2.24) is 29.5 Å². The van der Waals surface area contributed by atoms with E-state index in [9.17, 15) is 37.5 Å². The molecule has 0 bridgehead atoms. The summed E-state index contributed by atoms with van der Waals surface area (Å²) in [5.41, 5.74) is 4.75. The van der Waals surface area contributed by atoms with Gasteiger partial charge in [0.05, 0.1) is 50.5 Å². The van der Waals surface area contributed by atoms with Crippen LogP contribution in [0.5, 0.6) is 11.5 Å². The van der Waals surface area contributed by atoms with Crippen LogP contribution in [0.4, 0.5) is 5.69 Å². The van der Waals surface area contributed by atoms with Gasteiger partial charge in [-0.25, -0.2) is 13.1 Å². The maximum atomic E-state index is 13.9. The number of aryl methyl sites for hydroxylation is 2. The standard InChI is InChI=1S/C46H49N7O12S/c1-27-11-12-29(21-31(27)26-52-25-28(2)65-37-9-4-5-10-39(37)66(52,60)61)33(24-41(55)56)30-22-35-43(51(3)50-49-35)38(23-30)64-20-19-63-18-17-62-16-15-47-34-8-6-7-32-42(34)46(59)53(45(32)58)36-13-14-40(54)48-44(36)57/h4-12,21-23,28,33,36,47H,13-20,24-26H2,1-3H3,(H,55,56)(H,48,54,57)/t28-,33?,36?/m1/s1. The summed E-state index contributed by atoms with van der Waals surface area (Å²) in [6.07, 6.45) is -0.574. The van der Waals surface area contributed by atoms with Crippen LogP contribution in [-0.2, 0) is 47.5 Å². The summed E-state index contributed by atoms with van der Waals surface area (Å²) < 4.78 is 54.4. The molecule has 2 unspecified atom stereocenters.